The van der Waals surface area contributed by atoms with Crippen molar-refractivity contribution >= 4 is 23.5 Å². The number of ether oxygens (including phenoxy) is 2. The molecule has 0 heterocycles. The third-order valence-electron chi connectivity index (χ3n) is 3.37. The molecule has 2 aromatic carbocycles. The zero-order valence-electron chi connectivity index (χ0n) is 13.6. The third-order valence-corrected chi connectivity index (χ3v) is 3.66. The van der Waals surface area contributed by atoms with Crippen molar-refractivity contribution in [1.82, 2.24) is 5.32 Å². The van der Waals surface area contributed by atoms with Crippen LogP contribution in [0.4, 0.5) is 4.39 Å². The zero-order chi connectivity index (χ0) is 18.2. The largest absolute Gasteiger partial charge is 0.484 e. The first-order valence-corrected chi connectivity index (χ1v) is 7.89. The van der Waals surface area contributed by atoms with Crippen LogP contribution < -0.4 is 10.1 Å². The predicted octanol–water partition coefficient (Wildman–Crippen LogP) is 3.00. The minimum atomic E-state index is -0.545. The van der Waals surface area contributed by atoms with E-state index in [-0.39, 0.29) is 17.5 Å². The van der Waals surface area contributed by atoms with Crippen molar-refractivity contribution in [2.24, 2.45) is 0 Å². The number of rotatable bonds is 7. The summed E-state index contributed by atoms with van der Waals surface area (Å²) in [4.78, 5) is 23.1. The molecule has 0 saturated carbocycles. The van der Waals surface area contributed by atoms with E-state index in [2.05, 4.69) is 10.1 Å². The maximum absolute atomic E-state index is 13.0. The molecule has 132 valence electrons. The van der Waals surface area contributed by atoms with E-state index in [1.165, 1.54) is 25.3 Å². The maximum atomic E-state index is 13.0. The van der Waals surface area contributed by atoms with Gasteiger partial charge in [-0.2, -0.15) is 0 Å². The lowest BCUT2D eigenvalue weighted by Crippen LogP contribution is -2.30. The summed E-state index contributed by atoms with van der Waals surface area (Å²) in [7, 11) is 1.33. The van der Waals surface area contributed by atoms with Gasteiger partial charge in [0.1, 0.15) is 11.6 Å². The molecule has 5 nitrogen and oxygen atoms in total. The molecule has 0 aliphatic carbocycles. The van der Waals surface area contributed by atoms with Gasteiger partial charge in [0.25, 0.3) is 5.91 Å². The molecule has 0 fully saturated rings. The number of nitrogens with one attached hydrogen (secondary N) is 1. The molecule has 0 bridgehead atoms. The van der Waals surface area contributed by atoms with Crippen molar-refractivity contribution in [3.63, 3.8) is 0 Å². The van der Waals surface area contributed by atoms with E-state index in [1.54, 1.807) is 24.3 Å². The molecule has 25 heavy (non-hydrogen) atoms. The number of benzene rings is 2. The molecule has 2 rings (SSSR count). The van der Waals surface area contributed by atoms with Gasteiger partial charge in [0.2, 0.25) is 0 Å². The van der Waals surface area contributed by atoms with Gasteiger partial charge in [-0.1, -0.05) is 23.7 Å². The molecule has 0 aliphatic heterocycles. The molecule has 1 amide bonds. The van der Waals surface area contributed by atoms with Crippen molar-refractivity contribution in [1.29, 1.82) is 0 Å². The van der Waals surface area contributed by atoms with Crippen molar-refractivity contribution in [2.45, 2.75) is 6.42 Å². The fourth-order valence-corrected chi connectivity index (χ4v) is 2.21. The van der Waals surface area contributed by atoms with Gasteiger partial charge in [-0.3, -0.25) is 4.79 Å². The molecule has 7 heteroatoms. The first-order chi connectivity index (χ1) is 12.0. The summed E-state index contributed by atoms with van der Waals surface area (Å²) in [6, 6.07) is 10.8. The van der Waals surface area contributed by atoms with Crippen LogP contribution in [0.3, 0.4) is 0 Å². The summed E-state index contributed by atoms with van der Waals surface area (Å²) in [5.41, 5.74) is 1.45. The van der Waals surface area contributed by atoms with Gasteiger partial charge in [0.15, 0.2) is 6.61 Å². The maximum Gasteiger partial charge on any atom is 0.337 e. The molecule has 0 saturated heterocycles. The van der Waals surface area contributed by atoms with Gasteiger partial charge in [-0.05, 0) is 36.2 Å². The van der Waals surface area contributed by atoms with Crippen molar-refractivity contribution in [2.75, 3.05) is 20.3 Å². The number of carbonyl (C=O) groups is 2. The zero-order valence-corrected chi connectivity index (χ0v) is 14.3. The molecule has 0 aliphatic rings. The van der Waals surface area contributed by atoms with E-state index >= 15 is 0 Å². The summed E-state index contributed by atoms with van der Waals surface area (Å²) in [6.45, 7) is 0.229. The molecule has 1 N–H and O–H groups in total. The number of halogens is 2. The van der Waals surface area contributed by atoms with Crippen LogP contribution in [-0.2, 0) is 16.0 Å². The minimum Gasteiger partial charge on any atom is -0.484 e. The second kappa shape index (κ2) is 9.03. The van der Waals surface area contributed by atoms with Crippen molar-refractivity contribution in [3.05, 3.63) is 64.4 Å². The van der Waals surface area contributed by atoms with Gasteiger partial charge in [0.05, 0.1) is 17.7 Å². The molecule has 0 spiro atoms. The van der Waals surface area contributed by atoms with Crippen LogP contribution in [0.1, 0.15) is 15.9 Å². The SMILES string of the molecule is COC(=O)c1ccc(CCNC(=O)COc2ccc(F)c(Cl)c2)cc1. The standard InChI is InChI=1S/C18H17ClFNO4/c1-24-18(23)13-4-2-12(3-5-13)8-9-21-17(22)11-25-14-6-7-16(20)15(19)10-14/h2-7,10H,8-9,11H2,1H3,(H,21,22). The lowest BCUT2D eigenvalue weighted by Gasteiger charge is -2.08. The first kappa shape index (κ1) is 18.7. The van der Waals surface area contributed by atoms with Crippen LogP contribution in [0.5, 0.6) is 5.75 Å². The van der Waals surface area contributed by atoms with Crippen LogP contribution in [0.15, 0.2) is 42.5 Å². The lowest BCUT2D eigenvalue weighted by molar-refractivity contribution is -0.123. The molecule has 0 unspecified atom stereocenters. The van der Waals surface area contributed by atoms with Crippen molar-refractivity contribution < 1.29 is 23.5 Å². The number of amides is 1. The van der Waals surface area contributed by atoms with E-state index in [0.717, 1.165) is 5.56 Å². The van der Waals surface area contributed by atoms with E-state index in [9.17, 15) is 14.0 Å². The number of esters is 1. The molecule has 0 atom stereocenters. The summed E-state index contributed by atoms with van der Waals surface area (Å²) in [6.07, 6.45) is 0.607. The van der Waals surface area contributed by atoms with Gasteiger partial charge >= 0.3 is 5.97 Å². The first-order valence-electron chi connectivity index (χ1n) is 7.51. The Bertz CT molecular complexity index is 749. The Morgan fingerprint density at radius 3 is 2.52 bits per heavy atom. The summed E-state index contributed by atoms with van der Waals surface area (Å²) < 4.78 is 22.9. The van der Waals surface area contributed by atoms with E-state index in [4.69, 9.17) is 16.3 Å². The van der Waals surface area contributed by atoms with Gasteiger partial charge in [-0.15, -0.1) is 0 Å². The van der Waals surface area contributed by atoms with Crippen molar-refractivity contribution in [3.8, 4) is 5.75 Å². The number of carbonyl (C=O) groups excluding carboxylic acids is 2. The predicted molar refractivity (Wildman–Crippen MR) is 91.4 cm³/mol. The van der Waals surface area contributed by atoms with Gasteiger partial charge in [-0.25, -0.2) is 9.18 Å². The van der Waals surface area contributed by atoms with E-state index in [0.29, 0.717) is 24.3 Å². The van der Waals surface area contributed by atoms with Crippen LogP contribution >= 0.6 is 11.6 Å². The highest BCUT2D eigenvalue weighted by Crippen LogP contribution is 2.20. The Hall–Kier alpha value is -2.60. The smallest absolute Gasteiger partial charge is 0.337 e. The normalized spacial score (nSPS) is 10.2. The van der Waals surface area contributed by atoms with Crippen LogP contribution in [0.2, 0.25) is 5.02 Å². The van der Waals surface area contributed by atoms with E-state index in [1.807, 2.05) is 0 Å². The fraction of sp³-hybridized carbons (Fsp3) is 0.222. The Kier molecular flexibility index (Phi) is 6.77. The molecule has 2 aromatic rings. The molecular formula is C18H17ClFNO4. The average Bonchev–Trinajstić information content (AvgIpc) is 2.62. The quantitative estimate of drug-likeness (QED) is 0.766. The highest BCUT2D eigenvalue weighted by molar-refractivity contribution is 6.30. The highest BCUT2D eigenvalue weighted by atomic mass is 35.5. The van der Waals surface area contributed by atoms with E-state index < -0.39 is 11.8 Å². The number of hydrogen-bond donors (Lipinski definition) is 1. The third kappa shape index (κ3) is 5.76. The minimum absolute atomic E-state index is 0.0618. The summed E-state index contributed by atoms with van der Waals surface area (Å²) in [5.74, 6) is -0.916. The summed E-state index contributed by atoms with van der Waals surface area (Å²) >= 11 is 5.64. The summed E-state index contributed by atoms with van der Waals surface area (Å²) in [5, 5.41) is 2.65. The highest BCUT2D eigenvalue weighted by Gasteiger charge is 2.06. The monoisotopic (exact) mass is 365 g/mol. The Balaban J connectivity index is 1.73. The fourth-order valence-electron chi connectivity index (χ4n) is 2.04. The average molecular weight is 366 g/mol. The topological polar surface area (TPSA) is 64.6 Å². The number of hydrogen-bond acceptors (Lipinski definition) is 4. The lowest BCUT2D eigenvalue weighted by atomic mass is 10.1. The second-order valence-electron chi connectivity index (χ2n) is 5.15. The number of methoxy groups -OCH3 is 1. The van der Waals surface area contributed by atoms with Crippen LogP contribution in [0, 0.1) is 5.82 Å². The van der Waals surface area contributed by atoms with Crippen LogP contribution in [0.25, 0.3) is 0 Å². The Labute approximate surface area is 149 Å². The second-order valence-corrected chi connectivity index (χ2v) is 5.56. The van der Waals surface area contributed by atoms with Gasteiger partial charge < -0.3 is 14.8 Å². The Morgan fingerprint density at radius 2 is 1.88 bits per heavy atom. The molecule has 0 aromatic heterocycles. The Morgan fingerprint density at radius 1 is 1.16 bits per heavy atom. The molecule has 0 radical (unpaired) electrons. The van der Waals surface area contributed by atoms with Crippen LogP contribution in [-0.4, -0.2) is 32.1 Å². The molecular weight excluding hydrogens is 349 g/mol. The van der Waals surface area contributed by atoms with Gasteiger partial charge in [0, 0.05) is 12.6 Å².